The number of hydrogen-bond acceptors (Lipinski definition) is 5. The highest BCUT2D eigenvalue weighted by atomic mass is 79.9. The molecule has 32 heavy (non-hydrogen) atoms. The Morgan fingerprint density at radius 3 is 2.47 bits per heavy atom. The summed E-state index contributed by atoms with van der Waals surface area (Å²) in [4.78, 5) is 0. The van der Waals surface area contributed by atoms with E-state index >= 15 is 0 Å². The van der Waals surface area contributed by atoms with Gasteiger partial charge in [-0.1, -0.05) is 35.3 Å². The van der Waals surface area contributed by atoms with Crippen LogP contribution in [-0.2, 0) is 19.7 Å². The van der Waals surface area contributed by atoms with E-state index in [1.54, 1.807) is 18.2 Å². The summed E-state index contributed by atoms with van der Waals surface area (Å²) < 4.78 is 23.5. The van der Waals surface area contributed by atoms with E-state index in [0.717, 1.165) is 32.7 Å². The van der Waals surface area contributed by atoms with Crippen molar-refractivity contribution in [1.29, 1.82) is 0 Å². The molecule has 3 aromatic carbocycles. The molecule has 1 aliphatic rings. The van der Waals surface area contributed by atoms with Crippen LogP contribution in [0.25, 0.3) is 0 Å². The summed E-state index contributed by atoms with van der Waals surface area (Å²) in [5.74, 6) is 2.84. The highest BCUT2D eigenvalue weighted by Gasteiger charge is 2.15. The van der Waals surface area contributed by atoms with E-state index in [4.69, 9.17) is 42.1 Å². The fraction of sp³-hybridized carbons (Fsp3) is 0.250. The first-order chi connectivity index (χ1) is 15.5. The van der Waals surface area contributed by atoms with Crippen LogP contribution in [0.2, 0.25) is 10.0 Å². The van der Waals surface area contributed by atoms with Crippen LogP contribution in [0, 0.1) is 0 Å². The lowest BCUT2D eigenvalue weighted by Gasteiger charge is -2.17. The van der Waals surface area contributed by atoms with Gasteiger partial charge >= 0.3 is 0 Å². The zero-order valence-electron chi connectivity index (χ0n) is 17.4. The second-order valence-electron chi connectivity index (χ2n) is 7.12. The SMILES string of the molecule is CCOc1cc(CNCc2ccc3c(c2)OCO3)cc(Br)c1OCc1c(Cl)cccc1Cl. The van der Waals surface area contributed by atoms with Gasteiger partial charge in [0.15, 0.2) is 23.0 Å². The van der Waals surface area contributed by atoms with Crippen molar-refractivity contribution in [3.05, 3.63) is 79.7 Å². The first-order valence-electron chi connectivity index (χ1n) is 10.1. The zero-order valence-corrected chi connectivity index (χ0v) is 20.5. The molecule has 0 aromatic heterocycles. The highest BCUT2D eigenvalue weighted by Crippen LogP contribution is 2.38. The number of fused-ring (bicyclic) bond motifs is 1. The first kappa shape index (κ1) is 23.1. The molecule has 3 aromatic rings. The van der Waals surface area contributed by atoms with Crippen LogP contribution in [0.3, 0.4) is 0 Å². The molecule has 0 bridgehead atoms. The molecule has 4 rings (SSSR count). The van der Waals surface area contributed by atoms with E-state index in [-0.39, 0.29) is 13.4 Å². The lowest BCUT2D eigenvalue weighted by Crippen LogP contribution is -2.13. The Morgan fingerprint density at radius 2 is 1.69 bits per heavy atom. The van der Waals surface area contributed by atoms with E-state index in [1.807, 2.05) is 37.3 Å². The van der Waals surface area contributed by atoms with Crippen LogP contribution in [0.15, 0.2) is 53.0 Å². The number of halogens is 3. The van der Waals surface area contributed by atoms with Gasteiger partial charge < -0.3 is 24.3 Å². The van der Waals surface area contributed by atoms with Crippen LogP contribution < -0.4 is 24.3 Å². The number of nitrogens with one attached hydrogen (secondary N) is 1. The number of rotatable bonds is 9. The molecule has 1 N–H and O–H groups in total. The first-order valence-corrected chi connectivity index (χ1v) is 11.7. The quantitative estimate of drug-likeness (QED) is 0.326. The molecule has 0 amide bonds. The van der Waals surface area contributed by atoms with Crippen molar-refractivity contribution in [1.82, 2.24) is 5.32 Å². The molecular weight excluding hydrogens is 517 g/mol. The van der Waals surface area contributed by atoms with Crippen molar-refractivity contribution in [2.75, 3.05) is 13.4 Å². The topological polar surface area (TPSA) is 49.0 Å². The second kappa shape index (κ2) is 10.7. The maximum atomic E-state index is 6.27. The molecule has 168 valence electrons. The predicted molar refractivity (Wildman–Crippen MR) is 129 cm³/mol. The van der Waals surface area contributed by atoms with Gasteiger partial charge in [0.25, 0.3) is 0 Å². The van der Waals surface area contributed by atoms with Gasteiger partial charge in [-0.05, 0) is 70.4 Å². The van der Waals surface area contributed by atoms with Crippen LogP contribution in [0.1, 0.15) is 23.6 Å². The molecule has 0 spiro atoms. The highest BCUT2D eigenvalue weighted by molar-refractivity contribution is 9.10. The lowest BCUT2D eigenvalue weighted by molar-refractivity contribution is 0.174. The van der Waals surface area contributed by atoms with E-state index in [9.17, 15) is 0 Å². The summed E-state index contributed by atoms with van der Waals surface area (Å²) in [6.45, 7) is 4.32. The summed E-state index contributed by atoms with van der Waals surface area (Å²) in [5.41, 5.74) is 2.92. The molecule has 0 aliphatic carbocycles. The number of hydrogen-bond donors (Lipinski definition) is 1. The van der Waals surface area contributed by atoms with E-state index < -0.39 is 0 Å². The monoisotopic (exact) mass is 537 g/mol. The fourth-order valence-electron chi connectivity index (χ4n) is 3.34. The van der Waals surface area contributed by atoms with Gasteiger partial charge in [0, 0.05) is 28.7 Å². The smallest absolute Gasteiger partial charge is 0.231 e. The van der Waals surface area contributed by atoms with E-state index in [1.165, 1.54) is 0 Å². The summed E-state index contributed by atoms with van der Waals surface area (Å²) in [6.07, 6.45) is 0. The summed E-state index contributed by atoms with van der Waals surface area (Å²) >= 11 is 16.2. The fourth-order valence-corrected chi connectivity index (χ4v) is 4.45. The molecule has 1 heterocycles. The largest absolute Gasteiger partial charge is 0.490 e. The van der Waals surface area contributed by atoms with Crippen molar-refractivity contribution in [3.8, 4) is 23.0 Å². The maximum absolute atomic E-state index is 6.27. The molecule has 5 nitrogen and oxygen atoms in total. The Labute approximate surface area is 205 Å². The van der Waals surface area contributed by atoms with Gasteiger partial charge in [0.2, 0.25) is 6.79 Å². The minimum absolute atomic E-state index is 0.235. The zero-order chi connectivity index (χ0) is 22.5. The Kier molecular flexibility index (Phi) is 7.68. The average Bonchev–Trinajstić information content (AvgIpc) is 3.23. The molecule has 8 heteroatoms. The van der Waals surface area contributed by atoms with Gasteiger partial charge in [-0.25, -0.2) is 0 Å². The number of benzene rings is 3. The summed E-state index contributed by atoms with van der Waals surface area (Å²) in [6, 6.07) is 15.3. The van der Waals surface area contributed by atoms with Gasteiger partial charge in [-0.15, -0.1) is 0 Å². The van der Waals surface area contributed by atoms with Crippen molar-refractivity contribution in [3.63, 3.8) is 0 Å². The Morgan fingerprint density at radius 1 is 0.938 bits per heavy atom. The van der Waals surface area contributed by atoms with Crippen molar-refractivity contribution < 1.29 is 18.9 Å². The lowest BCUT2D eigenvalue weighted by atomic mass is 10.1. The average molecular weight is 539 g/mol. The van der Waals surface area contributed by atoms with Gasteiger partial charge in [-0.2, -0.15) is 0 Å². The van der Waals surface area contributed by atoms with Gasteiger partial charge in [-0.3, -0.25) is 0 Å². The number of ether oxygens (including phenoxy) is 4. The second-order valence-corrected chi connectivity index (χ2v) is 8.79. The van der Waals surface area contributed by atoms with E-state index in [0.29, 0.717) is 41.2 Å². The van der Waals surface area contributed by atoms with Crippen molar-refractivity contribution in [2.24, 2.45) is 0 Å². The molecule has 1 aliphatic heterocycles. The van der Waals surface area contributed by atoms with Crippen LogP contribution in [0.4, 0.5) is 0 Å². The summed E-state index contributed by atoms with van der Waals surface area (Å²) in [5, 5.41) is 4.58. The molecule has 0 radical (unpaired) electrons. The normalized spacial score (nSPS) is 12.1. The minimum Gasteiger partial charge on any atom is -0.490 e. The third-order valence-corrected chi connectivity index (χ3v) is 6.18. The molecule has 0 atom stereocenters. The maximum Gasteiger partial charge on any atom is 0.231 e. The van der Waals surface area contributed by atoms with Crippen molar-refractivity contribution >= 4 is 39.1 Å². The predicted octanol–water partition coefficient (Wildman–Crippen LogP) is 6.75. The van der Waals surface area contributed by atoms with Crippen LogP contribution >= 0.6 is 39.1 Å². The van der Waals surface area contributed by atoms with Crippen LogP contribution in [0.5, 0.6) is 23.0 Å². The molecule has 0 saturated carbocycles. The third-order valence-electron chi connectivity index (χ3n) is 4.89. The third kappa shape index (κ3) is 5.44. The van der Waals surface area contributed by atoms with E-state index in [2.05, 4.69) is 21.2 Å². The molecular formula is C24H22BrCl2NO4. The minimum atomic E-state index is 0.235. The van der Waals surface area contributed by atoms with Crippen LogP contribution in [-0.4, -0.2) is 13.4 Å². The van der Waals surface area contributed by atoms with Gasteiger partial charge in [0.1, 0.15) is 6.61 Å². The van der Waals surface area contributed by atoms with Crippen molar-refractivity contribution in [2.45, 2.75) is 26.6 Å². The van der Waals surface area contributed by atoms with Gasteiger partial charge in [0.05, 0.1) is 11.1 Å². The summed E-state index contributed by atoms with van der Waals surface area (Å²) in [7, 11) is 0. The molecule has 0 unspecified atom stereocenters. The molecule has 0 fully saturated rings. The Bertz CT molecular complexity index is 1090. The Balaban J connectivity index is 1.43. The Hall–Kier alpha value is -2.12. The molecule has 0 saturated heterocycles. The standard InChI is InChI=1S/C24H22BrCl2NO4/c1-2-29-23-10-16(12-28-11-15-6-7-21-22(9-15)32-14-31-21)8-18(25)24(23)30-13-17-19(26)4-3-5-20(17)27/h3-10,28H,2,11-14H2,1H3.